The Hall–Kier alpha value is -1.96. The molecule has 2 nitrogen and oxygen atoms in total. The largest absolute Gasteiger partial charge is 0.504 e. The molecule has 0 aliphatic carbocycles. The molecule has 2 heteroatoms. The third kappa shape index (κ3) is 7.95. The van der Waals surface area contributed by atoms with Crippen molar-refractivity contribution in [2.75, 3.05) is 0 Å². The fourth-order valence-corrected chi connectivity index (χ4v) is 3.24. The van der Waals surface area contributed by atoms with Gasteiger partial charge in [-0.15, -0.1) is 0 Å². The Bertz CT molecular complexity index is 607. The molecule has 0 radical (unpaired) electrons. The number of phenolic OH excluding ortho intramolecular Hbond substituents is 1. The zero-order valence-electron chi connectivity index (χ0n) is 16.3. The van der Waals surface area contributed by atoms with Gasteiger partial charge < -0.3 is 9.84 Å². The van der Waals surface area contributed by atoms with Gasteiger partial charge in [-0.2, -0.15) is 0 Å². The third-order valence-corrected chi connectivity index (χ3v) is 4.81. The molecule has 0 amide bonds. The Morgan fingerprint density at radius 1 is 0.731 bits per heavy atom. The monoisotopic (exact) mass is 354 g/mol. The van der Waals surface area contributed by atoms with Gasteiger partial charge in [0, 0.05) is 0 Å². The van der Waals surface area contributed by atoms with Crippen LogP contribution in [0.3, 0.4) is 0 Å². The lowest BCUT2D eigenvalue weighted by molar-refractivity contribution is 0.410. The number of benzene rings is 2. The van der Waals surface area contributed by atoms with Gasteiger partial charge in [-0.3, -0.25) is 0 Å². The normalized spacial score (nSPS) is 10.8. The molecule has 2 rings (SSSR count). The Morgan fingerprint density at radius 3 is 1.96 bits per heavy atom. The molecule has 142 valence electrons. The zero-order valence-corrected chi connectivity index (χ0v) is 16.3. The number of aromatic hydroxyl groups is 1. The molecule has 0 heterocycles. The smallest absolute Gasteiger partial charge is 0.169 e. The van der Waals surface area contributed by atoms with Crippen molar-refractivity contribution in [3.8, 4) is 17.2 Å². The minimum absolute atomic E-state index is 0.221. The maximum absolute atomic E-state index is 10.2. The fourth-order valence-electron chi connectivity index (χ4n) is 3.24. The molecule has 0 saturated heterocycles. The van der Waals surface area contributed by atoms with Gasteiger partial charge in [0.1, 0.15) is 5.75 Å². The second kappa shape index (κ2) is 12.4. The third-order valence-electron chi connectivity index (χ3n) is 4.81. The molecular formula is C24H34O2. The van der Waals surface area contributed by atoms with E-state index in [0.29, 0.717) is 5.75 Å². The molecule has 0 aliphatic rings. The van der Waals surface area contributed by atoms with Crippen molar-refractivity contribution < 1.29 is 9.84 Å². The van der Waals surface area contributed by atoms with E-state index in [1.807, 2.05) is 42.5 Å². The SMILES string of the molecule is CCCCCCCCCCCCc1ccc(Oc2ccccc2)c(O)c1. The average molecular weight is 355 g/mol. The van der Waals surface area contributed by atoms with E-state index < -0.39 is 0 Å². The Kier molecular flexibility index (Phi) is 9.71. The summed E-state index contributed by atoms with van der Waals surface area (Å²) in [5.74, 6) is 1.48. The zero-order chi connectivity index (χ0) is 18.5. The molecule has 0 bridgehead atoms. The number of rotatable bonds is 13. The van der Waals surface area contributed by atoms with Crippen LogP contribution in [0.2, 0.25) is 0 Å². The first-order valence-electron chi connectivity index (χ1n) is 10.3. The summed E-state index contributed by atoms with van der Waals surface area (Å²) in [6, 6.07) is 15.3. The first-order chi connectivity index (χ1) is 12.8. The summed E-state index contributed by atoms with van der Waals surface area (Å²) >= 11 is 0. The van der Waals surface area contributed by atoms with Crippen LogP contribution in [-0.2, 0) is 6.42 Å². The average Bonchev–Trinajstić information content (AvgIpc) is 2.66. The second-order valence-electron chi connectivity index (χ2n) is 7.15. The summed E-state index contributed by atoms with van der Waals surface area (Å²) in [5.41, 5.74) is 1.18. The first-order valence-corrected chi connectivity index (χ1v) is 10.3. The Morgan fingerprint density at radius 2 is 1.35 bits per heavy atom. The van der Waals surface area contributed by atoms with Crippen molar-refractivity contribution in [2.24, 2.45) is 0 Å². The van der Waals surface area contributed by atoms with Crippen molar-refractivity contribution in [2.45, 2.75) is 77.6 Å². The summed E-state index contributed by atoms with van der Waals surface area (Å²) in [6.45, 7) is 2.27. The van der Waals surface area contributed by atoms with E-state index in [4.69, 9.17) is 4.74 Å². The fraction of sp³-hybridized carbons (Fsp3) is 0.500. The molecule has 0 saturated carbocycles. The lowest BCUT2D eigenvalue weighted by atomic mass is 10.0. The van der Waals surface area contributed by atoms with Gasteiger partial charge in [0.05, 0.1) is 0 Å². The predicted octanol–water partition coefficient (Wildman–Crippen LogP) is 7.65. The Balaban J connectivity index is 1.61. The molecule has 2 aromatic rings. The maximum Gasteiger partial charge on any atom is 0.169 e. The van der Waals surface area contributed by atoms with Crippen LogP contribution in [0.15, 0.2) is 48.5 Å². The van der Waals surface area contributed by atoms with Crippen molar-refractivity contribution >= 4 is 0 Å². The predicted molar refractivity (Wildman–Crippen MR) is 110 cm³/mol. The number of hydrogen-bond donors (Lipinski definition) is 1. The van der Waals surface area contributed by atoms with Crippen molar-refractivity contribution in [1.82, 2.24) is 0 Å². The number of aryl methyl sites for hydroxylation is 1. The molecule has 26 heavy (non-hydrogen) atoms. The van der Waals surface area contributed by atoms with Gasteiger partial charge in [-0.1, -0.05) is 89.0 Å². The second-order valence-corrected chi connectivity index (χ2v) is 7.15. The molecule has 0 spiro atoms. The molecule has 2 aromatic carbocycles. The molecule has 1 N–H and O–H groups in total. The van der Waals surface area contributed by atoms with Crippen LogP contribution in [-0.4, -0.2) is 5.11 Å². The highest BCUT2D eigenvalue weighted by molar-refractivity contribution is 5.44. The first kappa shape index (κ1) is 20.4. The van der Waals surface area contributed by atoms with Crippen LogP contribution in [0.25, 0.3) is 0 Å². The molecular weight excluding hydrogens is 320 g/mol. The van der Waals surface area contributed by atoms with E-state index >= 15 is 0 Å². The lowest BCUT2D eigenvalue weighted by Gasteiger charge is -2.09. The summed E-state index contributed by atoms with van der Waals surface area (Å²) in [4.78, 5) is 0. The van der Waals surface area contributed by atoms with Gasteiger partial charge in [-0.25, -0.2) is 0 Å². The number of hydrogen-bond acceptors (Lipinski definition) is 2. The molecule has 0 aliphatic heterocycles. The van der Waals surface area contributed by atoms with Gasteiger partial charge >= 0.3 is 0 Å². The van der Waals surface area contributed by atoms with Crippen LogP contribution in [0.5, 0.6) is 17.2 Å². The highest BCUT2D eigenvalue weighted by Gasteiger charge is 2.05. The summed E-state index contributed by atoms with van der Waals surface area (Å²) < 4.78 is 5.72. The highest BCUT2D eigenvalue weighted by Crippen LogP contribution is 2.31. The van der Waals surface area contributed by atoms with E-state index in [9.17, 15) is 5.11 Å². The maximum atomic E-state index is 10.2. The van der Waals surface area contributed by atoms with Gasteiger partial charge in [-0.05, 0) is 42.7 Å². The number of unbranched alkanes of at least 4 members (excludes halogenated alkanes) is 9. The summed E-state index contributed by atoms with van der Waals surface area (Å²) in [7, 11) is 0. The quantitative estimate of drug-likeness (QED) is 0.374. The van der Waals surface area contributed by atoms with Crippen molar-refractivity contribution in [3.63, 3.8) is 0 Å². The molecule has 0 unspecified atom stereocenters. The molecule has 0 fully saturated rings. The van der Waals surface area contributed by atoms with E-state index in [1.165, 1.54) is 69.8 Å². The molecule has 0 aromatic heterocycles. The number of ether oxygens (including phenoxy) is 1. The van der Waals surface area contributed by atoms with Crippen LogP contribution in [0, 0.1) is 0 Å². The van der Waals surface area contributed by atoms with Crippen molar-refractivity contribution in [1.29, 1.82) is 0 Å². The lowest BCUT2D eigenvalue weighted by Crippen LogP contribution is -1.89. The van der Waals surface area contributed by atoms with E-state index in [-0.39, 0.29) is 5.75 Å². The molecule has 0 atom stereocenters. The minimum Gasteiger partial charge on any atom is -0.504 e. The van der Waals surface area contributed by atoms with Gasteiger partial charge in [0.2, 0.25) is 0 Å². The van der Waals surface area contributed by atoms with Gasteiger partial charge in [0.15, 0.2) is 11.5 Å². The summed E-state index contributed by atoms with van der Waals surface area (Å²) in [6.07, 6.45) is 14.5. The van der Waals surface area contributed by atoms with Gasteiger partial charge in [0.25, 0.3) is 0 Å². The van der Waals surface area contributed by atoms with Crippen molar-refractivity contribution in [3.05, 3.63) is 54.1 Å². The summed E-state index contributed by atoms with van der Waals surface area (Å²) in [5, 5.41) is 10.2. The van der Waals surface area contributed by atoms with Crippen LogP contribution in [0.4, 0.5) is 0 Å². The van der Waals surface area contributed by atoms with Crippen LogP contribution >= 0.6 is 0 Å². The highest BCUT2D eigenvalue weighted by atomic mass is 16.5. The van der Waals surface area contributed by atoms with E-state index in [0.717, 1.165) is 12.2 Å². The van der Waals surface area contributed by atoms with Crippen LogP contribution < -0.4 is 4.74 Å². The van der Waals surface area contributed by atoms with E-state index in [2.05, 4.69) is 13.0 Å². The van der Waals surface area contributed by atoms with Crippen LogP contribution in [0.1, 0.15) is 76.7 Å². The standard InChI is InChI=1S/C24H34O2/c1-2-3-4-5-6-7-8-9-10-12-15-21-18-19-24(23(25)20-21)26-22-16-13-11-14-17-22/h11,13-14,16-20,25H,2-10,12,15H2,1H3. The number of phenols is 1. The number of para-hydroxylation sites is 1. The Labute approximate surface area is 159 Å². The van der Waals surface area contributed by atoms with E-state index in [1.54, 1.807) is 0 Å². The topological polar surface area (TPSA) is 29.5 Å². The minimum atomic E-state index is 0.221.